The Labute approximate surface area is 106 Å². The Hall–Kier alpha value is -1.56. The van der Waals surface area contributed by atoms with Gasteiger partial charge in [0.25, 0.3) is 0 Å². The van der Waals surface area contributed by atoms with Gasteiger partial charge in [-0.1, -0.05) is 62.9 Å². The average Bonchev–Trinajstić information content (AvgIpc) is 2.38. The average molecular weight is 228 g/mol. The van der Waals surface area contributed by atoms with Gasteiger partial charge < -0.3 is 0 Å². The molecule has 1 rings (SSSR count). The molecular weight excluding hydrogens is 204 g/mol. The summed E-state index contributed by atoms with van der Waals surface area (Å²) in [7, 11) is 0. The molecule has 1 aromatic rings. The van der Waals surface area contributed by atoms with Gasteiger partial charge in [0, 0.05) is 0 Å². The van der Waals surface area contributed by atoms with E-state index in [1.165, 1.54) is 22.3 Å². The van der Waals surface area contributed by atoms with Gasteiger partial charge in [-0.15, -0.1) is 0 Å². The zero-order valence-corrected chi connectivity index (χ0v) is 11.7. The molecular formula is C17H24. The minimum Gasteiger partial charge on any atom is -0.0988 e. The van der Waals surface area contributed by atoms with Gasteiger partial charge in [-0.2, -0.15) is 0 Å². The SMILES string of the molecule is C=C/C(C)=C(\C=C/C)c1ccccc1C.CC. The maximum Gasteiger partial charge on any atom is -0.0152 e. The quantitative estimate of drug-likeness (QED) is 0.594. The Bertz CT molecular complexity index is 406. The lowest BCUT2D eigenvalue weighted by atomic mass is 9.96. The largest absolute Gasteiger partial charge is 0.0988 e. The van der Waals surface area contributed by atoms with Gasteiger partial charge in [-0.25, -0.2) is 0 Å². The highest BCUT2D eigenvalue weighted by atomic mass is 14.1. The number of allylic oxidation sites excluding steroid dienone is 5. The molecule has 0 unspecified atom stereocenters. The Kier molecular flexibility index (Phi) is 7.79. The monoisotopic (exact) mass is 228 g/mol. The van der Waals surface area contributed by atoms with E-state index in [2.05, 4.69) is 56.8 Å². The lowest BCUT2D eigenvalue weighted by molar-refractivity contribution is 1.40. The van der Waals surface area contributed by atoms with Crippen molar-refractivity contribution in [2.75, 3.05) is 0 Å². The number of benzene rings is 1. The Morgan fingerprint density at radius 3 is 2.24 bits per heavy atom. The number of hydrogen-bond acceptors (Lipinski definition) is 0. The normalized spacial score (nSPS) is 11.6. The second kappa shape index (κ2) is 8.58. The standard InChI is InChI=1S/C15H18.C2H6/c1-5-9-14(12(3)6-2)15-11-8-7-10-13(15)4;1-2/h5-11H,2H2,1,3-4H3;1-2H3/b9-5-,14-12+;. The van der Waals surface area contributed by atoms with Crippen LogP contribution in [-0.4, -0.2) is 0 Å². The molecule has 17 heavy (non-hydrogen) atoms. The van der Waals surface area contributed by atoms with Crippen LogP contribution in [0.4, 0.5) is 0 Å². The molecule has 0 bridgehead atoms. The summed E-state index contributed by atoms with van der Waals surface area (Å²) in [5.74, 6) is 0. The maximum absolute atomic E-state index is 3.83. The minimum absolute atomic E-state index is 1.21. The van der Waals surface area contributed by atoms with Gasteiger partial charge >= 0.3 is 0 Å². The van der Waals surface area contributed by atoms with Crippen molar-refractivity contribution in [1.82, 2.24) is 0 Å². The van der Waals surface area contributed by atoms with E-state index < -0.39 is 0 Å². The van der Waals surface area contributed by atoms with Gasteiger partial charge in [-0.05, 0) is 43.0 Å². The first kappa shape index (κ1) is 15.4. The van der Waals surface area contributed by atoms with E-state index in [1.807, 2.05) is 26.8 Å². The van der Waals surface area contributed by atoms with Gasteiger partial charge in [0.15, 0.2) is 0 Å². The zero-order chi connectivity index (χ0) is 13.3. The molecule has 0 saturated heterocycles. The molecule has 0 spiro atoms. The molecule has 0 aliphatic heterocycles. The zero-order valence-electron chi connectivity index (χ0n) is 11.7. The first-order chi connectivity index (χ1) is 8.20. The van der Waals surface area contributed by atoms with Crippen LogP contribution in [0.15, 0.2) is 54.6 Å². The van der Waals surface area contributed by atoms with Crippen LogP contribution in [0.5, 0.6) is 0 Å². The van der Waals surface area contributed by atoms with Crippen LogP contribution in [0, 0.1) is 6.92 Å². The summed E-state index contributed by atoms with van der Waals surface area (Å²) >= 11 is 0. The molecule has 0 atom stereocenters. The van der Waals surface area contributed by atoms with Crippen LogP contribution in [0.25, 0.3) is 5.57 Å². The van der Waals surface area contributed by atoms with Crippen molar-refractivity contribution in [3.8, 4) is 0 Å². The fourth-order valence-electron chi connectivity index (χ4n) is 1.59. The molecule has 0 amide bonds. The van der Waals surface area contributed by atoms with E-state index in [-0.39, 0.29) is 0 Å². The first-order valence-electron chi connectivity index (χ1n) is 6.22. The van der Waals surface area contributed by atoms with Crippen molar-refractivity contribution < 1.29 is 0 Å². The fraction of sp³-hybridized carbons (Fsp3) is 0.294. The van der Waals surface area contributed by atoms with Gasteiger partial charge in [0.2, 0.25) is 0 Å². The van der Waals surface area contributed by atoms with E-state index in [1.54, 1.807) is 0 Å². The van der Waals surface area contributed by atoms with Crippen LogP contribution >= 0.6 is 0 Å². The highest BCUT2D eigenvalue weighted by molar-refractivity contribution is 5.79. The molecule has 0 nitrogen and oxygen atoms in total. The molecule has 0 radical (unpaired) electrons. The Morgan fingerprint density at radius 1 is 1.18 bits per heavy atom. The molecule has 0 aliphatic carbocycles. The molecule has 92 valence electrons. The summed E-state index contributed by atoms with van der Waals surface area (Å²) in [4.78, 5) is 0. The third kappa shape index (κ3) is 4.44. The van der Waals surface area contributed by atoms with Crippen LogP contribution in [0.3, 0.4) is 0 Å². The Balaban J connectivity index is 0.00000121. The predicted octanol–water partition coefficient (Wildman–Crippen LogP) is 5.56. The van der Waals surface area contributed by atoms with Crippen molar-refractivity contribution in [3.63, 3.8) is 0 Å². The van der Waals surface area contributed by atoms with E-state index in [4.69, 9.17) is 0 Å². The first-order valence-corrected chi connectivity index (χ1v) is 6.22. The second-order valence-electron chi connectivity index (χ2n) is 3.62. The molecule has 0 heteroatoms. The van der Waals surface area contributed by atoms with Gasteiger partial charge in [0.1, 0.15) is 0 Å². The smallest absolute Gasteiger partial charge is 0.0152 e. The Morgan fingerprint density at radius 2 is 1.76 bits per heavy atom. The fourth-order valence-corrected chi connectivity index (χ4v) is 1.59. The maximum atomic E-state index is 3.83. The third-order valence-corrected chi connectivity index (χ3v) is 2.50. The van der Waals surface area contributed by atoms with Crippen molar-refractivity contribution in [2.24, 2.45) is 0 Å². The third-order valence-electron chi connectivity index (χ3n) is 2.50. The topological polar surface area (TPSA) is 0 Å². The summed E-state index contributed by atoms with van der Waals surface area (Å²) in [6.07, 6.45) is 6.11. The number of aryl methyl sites for hydroxylation is 1. The lowest BCUT2D eigenvalue weighted by Gasteiger charge is -2.09. The molecule has 0 fully saturated rings. The van der Waals surface area contributed by atoms with Crippen molar-refractivity contribution >= 4 is 5.57 Å². The van der Waals surface area contributed by atoms with E-state index in [9.17, 15) is 0 Å². The van der Waals surface area contributed by atoms with Crippen LogP contribution in [0.2, 0.25) is 0 Å². The highest BCUT2D eigenvalue weighted by Gasteiger charge is 2.02. The van der Waals surface area contributed by atoms with Crippen molar-refractivity contribution in [2.45, 2.75) is 34.6 Å². The molecule has 1 aromatic carbocycles. The molecule has 0 heterocycles. The minimum atomic E-state index is 1.21. The van der Waals surface area contributed by atoms with Crippen LogP contribution < -0.4 is 0 Å². The number of rotatable bonds is 3. The summed E-state index contributed by atoms with van der Waals surface area (Å²) in [6.45, 7) is 14.1. The van der Waals surface area contributed by atoms with Gasteiger partial charge in [-0.3, -0.25) is 0 Å². The molecule has 0 aliphatic rings. The molecule has 0 aromatic heterocycles. The van der Waals surface area contributed by atoms with E-state index in [0.717, 1.165) is 0 Å². The lowest BCUT2D eigenvalue weighted by Crippen LogP contribution is -1.88. The van der Waals surface area contributed by atoms with Gasteiger partial charge in [0.05, 0.1) is 0 Å². The number of hydrogen-bond donors (Lipinski definition) is 0. The predicted molar refractivity (Wildman–Crippen MR) is 80.1 cm³/mol. The summed E-state index contributed by atoms with van der Waals surface area (Å²) in [5.41, 5.74) is 5.05. The van der Waals surface area contributed by atoms with Crippen LogP contribution in [-0.2, 0) is 0 Å². The van der Waals surface area contributed by atoms with E-state index in [0.29, 0.717) is 0 Å². The van der Waals surface area contributed by atoms with Crippen LogP contribution in [0.1, 0.15) is 38.8 Å². The summed E-state index contributed by atoms with van der Waals surface area (Å²) < 4.78 is 0. The van der Waals surface area contributed by atoms with Crippen molar-refractivity contribution in [1.29, 1.82) is 0 Å². The second-order valence-corrected chi connectivity index (χ2v) is 3.62. The molecule has 0 saturated carbocycles. The van der Waals surface area contributed by atoms with Crippen molar-refractivity contribution in [3.05, 3.63) is 65.8 Å². The summed E-state index contributed by atoms with van der Waals surface area (Å²) in [6, 6.07) is 8.42. The molecule has 0 N–H and O–H groups in total. The van der Waals surface area contributed by atoms with E-state index >= 15 is 0 Å². The highest BCUT2D eigenvalue weighted by Crippen LogP contribution is 2.23. The summed E-state index contributed by atoms with van der Waals surface area (Å²) in [5, 5.41) is 0.